The van der Waals surface area contributed by atoms with Crippen LogP contribution in [0.5, 0.6) is 0 Å². The first-order valence-corrected chi connectivity index (χ1v) is 45.7. The van der Waals surface area contributed by atoms with Gasteiger partial charge in [0, 0.05) is 164 Å². The van der Waals surface area contributed by atoms with Crippen LogP contribution >= 0.6 is 0 Å². The summed E-state index contributed by atoms with van der Waals surface area (Å²) in [6.07, 6.45) is 8.83. The van der Waals surface area contributed by atoms with Crippen LogP contribution in [0.25, 0.3) is 170 Å². The van der Waals surface area contributed by atoms with Crippen molar-refractivity contribution >= 4 is 148 Å². The summed E-state index contributed by atoms with van der Waals surface area (Å²) in [5.74, 6) is -8.81. The number of pyridine rings is 5. The van der Waals surface area contributed by atoms with E-state index in [0.717, 1.165) is 84.7 Å². The molecule has 0 spiro atoms. The normalized spacial score (nSPS) is 11.6. The molecule has 10 aromatic heterocycles. The smallest absolute Gasteiger partial charge is 0.212 e. The third-order valence-corrected chi connectivity index (χ3v) is 25.7. The number of halogens is 10. The molecule has 0 fully saturated rings. The maximum absolute atomic E-state index is 14.9. The third kappa shape index (κ3) is 18.3. The number of nitrogens with zero attached hydrogens (tertiary/aromatic N) is 10. The van der Waals surface area contributed by atoms with Crippen molar-refractivity contribution in [1.29, 1.82) is 0 Å². The predicted molar refractivity (Wildman–Crippen MR) is 526 cm³/mol. The second-order valence-corrected chi connectivity index (χ2v) is 36.5. The van der Waals surface area contributed by atoms with E-state index in [9.17, 15) is 43.9 Å². The molecule has 10 nitrogen and oxygen atoms in total. The van der Waals surface area contributed by atoms with Crippen molar-refractivity contribution in [3.63, 3.8) is 0 Å². The minimum Gasteiger partial charge on any atom is -0.333 e. The van der Waals surface area contributed by atoms with Crippen LogP contribution in [-0.2, 0) is 107 Å². The van der Waals surface area contributed by atoms with E-state index < -0.39 is 58.4 Å². The van der Waals surface area contributed by atoms with Gasteiger partial charge in [-0.2, -0.15) is 8.78 Å². The van der Waals surface area contributed by atoms with Gasteiger partial charge in [-0.1, -0.05) is 237 Å². The number of benzene rings is 13. The molecular formula is C115H93F10Ir5N10-5. The molecule has 23 rings (SSSR count). The first-order chi connectivity index (χ1) is 65.0. The molecule has 0 unspecified atom stereocenters. The molecule has 0 saturated heterocycles. The fraction of sp³-hybridized carbons (Fsp3) is 0.209. The molecule has 0 saturated carbocycles. The van der Waals surface area contributed by atoms with E-state index in [4.69, 9.17) is 15.0 Å². The minimum absolute atomic E-state index is 0. The summed E-state index contributed by atoms with van der Waals surface area (Å²) in [5.41, 5.74) is 21.2. The largest absolute Gasteiger partial charge is 0.333 e. The topological polar surface area (TPSA) is 86.5 Å². The van der Waals surface area contributed by atoms with Crippen LogP contribution in [0.1, 0.15) is 190 Å². The Morgan fingerprint density at radius 2 is 0.700 bits per heavy atom. The summed E-state index contributed by atoms with van der Waals surface area (Å²) < 4.78 is 151. The van der Waals surface area contributed by atoms with Crippen LogP contribution in [0.15, 0.2) is 225 Å². The molecule has 0 aliphatic rings. The van der Waals surface area contributed by atoms with Crippen LogP contribution in [0.4, 0.5) is 43.9 Å². The van der Waals surface area contributed by atoms with E-state index in [0.29, 0.717) is 56.8 Å². The Bertz CT molecular complexity index is 8690. The average molecular weight is 2770 g/mol. The molecule has 0 bridgehead atoms. The zero-order valence-electron chi connectivity index (χ0n) is 78.6. The molecule has 140 heavy (non-hydrogen) atoms. The Hall–Kier alpha value is -11.3. The summed E-state index contributed by atoms with van der Waals surface area (Å²) in [6.45, 7) is 29.3. The van der Waals surface area contributed by atoms with Gasteiger partial charge < -0.3 is 22.0 Å². The van der Waals surface area contributed by atoms with Crippen molar-refractivity contribution in [2.45, 2.75) is 158 Å². The van der Waals surface area contributed by atoms with Gasteiger partial charge in [-0.3, -0.25) is 33.7 Å². The standard InChI is InChI=1S/C28H27N2.C27H23F2N2.C24H21N2.C18H10F5N2.C18H12F3N2.5Ir/c1-17(2)20-11-8-12-21(18(3)4)27(20)26-16-29-28-23-10-7-6-9-22(23)24-15-19(5)13-14-25(24)30(26)28;1-15(2)17-10-7-11-18(16(3)4)26(17)25-14-30-27-20-9-6-5-8-19(20)21-12-22(28)23(29)13-24(21)31(25)27;1-2-3-4-9-17-14-15-21-23(16-17)26-22-13-8-7-11-19(22)18-10-5-6-12-20(18)24(26)25-21;1-7(2)16-17(23)25-13-6-12(21)11(20)5-9(13)14-8(18(25)24-16)3-4-10(19)15(14)22;1-9(2)16-17(21)23-13-6-4-3-5-10(13)14-11(18(23)22-16)7-8-12(19)15(14)20;;;;;/h6-9,11-18H,1-5H3;5-8,10-16H,1-4H3;5-8,10-11,13-16H,2-4,9H2,1H3;4-7H,1-2H3;3-6,8-9H,1-2H3;;;;;/q5*-1;;;;;. The van der Waals surface area contributed by atoms with Gasteiger partial charge in [0.1, 0.15) is 0 Å². The van der Waals surface area contributed by atoms with Crippen molar-refractivity contribution in [3.8, 4) is 22.5 Å². The molecule has 23 aromatic rings. The van der Waals surface area contributed by atoms with Gasteiger partial charge in [0.25, 0.3) is 0 Å². The molecule has 723 valence electrons. The molecule has 13 aromatic carbocycles. The van der Waals surface area contributed by atoms with Gasteiger partial charge in [0.05, 0.1) is 85.3 Å². The number of aromatic nitrogens is 10. The molecule has 10 heterocycles. The van der Waals surface area contributed by atoms with E-state index >= 15 is 0 Å². The summed E-state index contributed by atoms with van der Waals surface area (Å²) in [5, 5.41) is 9.63. The predicted octanol–water partition coefficient (Wildman–Crippen LogP) is 31.9. The van der Waals surface area contributed by atoms with E-state index in [1.807, 2.05) is 54.8 Å². The van der Waals surface area contributed by atoms with E-state index in [2.05, 4.69) is 246 Å². The molecule has 0 aliphatic heterocycles. The van der Waals surface area contributed by atoms with Crippen LogP contribution in [0.3, 0.4) is 0 Å². The average Bonchev–Trinajstić information content (AvgIpc) is 1.50. The molecule has 5 radical (unpaired) electrons. The van der Waals surface area contributed by atoms with Gasteiger partial charge in [-0.15, -0.1) is 113 Å². The van der Waals surface area contributed by atoms with Gasteiger partial charge >= 0.3 is 0 Å². The Kier molecular flexibility index (Phi) is 31.7. The fourth-order valence-electron chi connectivity index (χ4n) is 19.3. The van der Waals surface area contributed by atoms with Crippen LogP contribution < -0.4 is 0 Å². The summed E-state index contributed by atoms with van der Waals surface area (Å²) in [6, 6.07) is 81.0. The fourth-order valence-corrected chi connectivity index (χ4v) is 19.3. The zero-order valence-corrected chi connectivity index (χ0v) is 90.5. The maximum atomic E-state index is 14.9. The second-order valence-electron chi connectivity index (χ2n) is 36.5. The van der Waals surface area contributed by atoms with Gasteiger partial charge in [-0.25, -0.2) is 26.3 Å². The monoisotopic (exact) mass is 2770 g/mol. The Morgan fingerprint density at radius 3 is 1.18 bits per heavy atom. The molecule has 0 atom stereocenters. The maximum Gasteiger partial charge on any atom is 0.212 e. The quantitative estimate of drug-likeness (QED) is 0.0526. The van der Waals surface area contributed by atoms with Crippen molar-refractivity contribution in [2.75, 3.05) is 0 Å². The Labute approximate surface area is 870 Å². The van der Waals surface area contributed by atoms with Gasteiger partial charge in [0.2, 0.25) is 11.9 Å². The number of imidazole rings is 5. The second kappa shape index (κ2) is 42.5. The molecular weight excluding hydrogens is 2670 g/mol. The number of aryl methyl sites for hydroxylation is 2. The Balaban J connectivity index is 0.000000139. The zero-order chi connectivity index (χ0) is 94.7. The summed E-state index contributed by atoms with van der Waals surface area (Å²) in [7, 11) is 0. The van der Waals surface area contributed by atoms with E-state index in [-0.39, 0.29) is 162 Å². The molecule has 0 aliphatic carbocycles. The number of unbranched alkanes of at least 4 members (excludes halogenated alkanes) is 2. The van der Waals surface area contributed by atoms with Gasteiger partial charge in [0.15, 0.2) is 23.3 Å². The first kappa shape index (κ1) is 105. The van der Waals surface area contributed by atoms with E-state index in [1.165, 1.54) is 119 Å². The van der Waals surface area contributed by atoms with Crippen molar-refractivity contribution in [1.82, 2.24) is 46.9 Å². The number of rotatable bonds is 12. The van der Waals surface area contributed by atoms with E-state index in [1.54, 1.807) is 38.1 Å². The van der Waals surface area contributed by atoms with Crippen LogP contribution in [0.2, 0.25) is 0 Å². The number of fused-ring (bicyclic) bond motifs is 32. The third-order valence-electron chi connectivity index (χ3n) is 25.7. The van der Waals surface area contributed by atoms with Crippen molar-refractivity contribution < 1.29 is 144 Å². The van der Waals surface area contributed by atoms with Crippen molar-refractivity contribution in [2.24, 2.45) is 0 Å². The summed E-state index contributed by atoms with van der Waals surface area (Å²) in [4.78, 5) is 23.1. The van der Waals surface area contributed by atoms with Crippen LogP contribution in [0, 0.1) is 95.7 Å². The number of hydrogen-bond acceptors (Lipinski definition) is 5. The summed E-state index contributed by atoms with van der Waals surface area (Å²) >= 11 is 0. The minimum atomic E-state index is -1.25. The first-order valence-electron chi connectivity index (χ1n) is 45.7. The van der Waals surface area contributed by atoms with Gasteiger partial charge in [-0.05, 0) is 152 Å². The molecule has 25 heteroatoms. The molecule has 0 amide bonds. The Morgan fingerprint density at radius 1 is 0.307 bits per heavy atom. The number of hydrogen-bond donors (Lipinski definition) is 0. The van der Waals surface area contributed by atoms with Crippen LogP contribution in [-0.4, -0.2) is 46.9 Å². The SMILES string of the molecule is CC(C)c1cccc(C(C)C)c1-c1cnc2c3[c-]cccc3c3cc(F)c(F)cc3n12.CC(C)c1nc2c3[c-]cc(F)c(F)c3c3cc(F)c(F)cc3n2c1F.CC(C)c1nc2c3[c-]cc(F)c(F)c3c3ccccc3n2c1F.CCCCCc1ccc2nc3c4[c-]cccc4c4ccccc4n3c2c1.Cc1ccc2c(c1)c1ccc[c-]c1c1ncc(-c3c(C(C)C)cccc3C(C)C)n21.[Ir].[Ir].[Ir].[Ir].[Ir]. The van der Waals surface area contributed by atoms with Crippen molar-refractivity contribution in [3.05, 3.63) is 358 Å². The number of para-hydroxylation sites is 2. The molecule has 0 N–H and O–H groups in total.